The zero-order chi connectivity index (χ0) is 19.7. The summed E-state index contributed by atoms with van der Waals surface area (Å²) in [6, 6.07) is 10.1. The molecule has 2 aliphatic heterocycles. The summed E-state index contributed by atoms with van der Waals surface area (Å²) >= 11 is 0. The second-order valence-electron chi connectivity index (χ2n) is 6.92. The topological polar surface area (TPSA) is 99.4 Å². The molecular formula is C20H23NO7. The molecule has 1 amide bonds. The van der Waals surface area contributed by atoms with Gasteiger partial charge in [0.1, 0.15) is 30.1 Å². The Bertz CT molecular complexity index is 809. The van der Waals surface area contributed by atoms with Crippen LogP contribution >= 0.6 is 0 Å². The highest BCUT2D eigenvalue weighted by atomic mass is 16.8. The average Bonchev–Trinajstić information content (AvgIpc) is 3.21. The molecule has 0 radical (unpaired) electrons. The van der Waals surface area contributed by atoms with Crippen LogP contribution in [-0.4, -0.2) is 48.3 Å². The number of ether oxygens (including phenoxy) is 4. The van der Waals surface area contributed by atoms with Crippen LogP contribution in [0.15, 0.2) is 47.1 Å². The molecule has 6 atom stereocenters. The van der Waals surface area contributed by atoms with E-state index in [9.17, 15) is 9.90 Å². The minimum absolute atomic E-state index is 0.188. The van der Waals surface area contributed by atoms with E-state index in [1.54, 1.807) is 12.1 Å². The number of amides is 1. The van der Waals surface area contributed by atoms with E-state index in [0.717, 1.165) is 5.56 Å². The van der Waals surface area contributed by atoms with E-state index in [1.807, 2.05) is 31.2 Å². The molecule has 2 N–H and O–H groups in total. The molecule has 0 unspecified atom stereocenters. The van der Waals surface area contributed by atoms with Crippen molar-refractivity contribution < 1.29 is 33.3 Å². The lowest BCUT2D eigenvalue weighted by molar-refractivity contribution is -0.336. The summed E-state index contributed by atoms with van der Waals surface area (Å²) < 4.78 is 28.9. The molecule has 0 saturated carbocycles. The van der Waals surface area contributed by atoms with Crippen molar-refractivity contribution in [3.05, 3.63) is 54.0 Å². The molecular weight excluding hydrogens is 366 g/mol. The molecule has 3 heterocycles. The van der Waals surface area contributed by atoms with Gasteiger partial charge in [-0.25, -0.2) is 0 Å². The molecule has 2 fully saturated rings. The molecule has 150 valence electrons. The summed E-state index contributed by atoms with van der Waals surface area (Å²) in [6.07, 6.45) is -2.45. The van der Waals surface area contributed by atoms with E-state index in [4.69, 9.17) is 23.4 Å². The van der Waals surface area contributed by atoms with Crippen LogP contribution in [0, 0.1) is 6.92 Å². The van der Waals surface area contributed by atoms with Gasteiger partial charge < -0.3 is 33.8 Å². The molecule has 2 aliphatic rings. The highest BCUT2D eigenvalue weighted by Gasteiger charge is 2.51. The molecule has 4 rings (SSSR count). The van der Waals surface area contributed by atoms with Gasteiger partial charge in [0, 0.05) is 6.92 Å². The summed E-state index contributed by atoms with van der Waals surface area (Å²) in [4.78, 5) is 11.7. The molecule has 0 aliphatic carbocycles. The minimum atomic E-state index is -1.06. The first kappa shape index (κ1) is 18.9. The fraction of sp³-hybridized carbons (Fsp3) is 0.450. The van der Waals surface area contributed by atoms with Gasteiger partial charge in [-0.2, -0.15) is 0 Å². The third kappa shape index (κ3) is 3.77. The summed E-state index contributed by atoms with van der Waals surface area (Å²) in [5.74, 6) is 0.804. The molecule has 28 heavy (non-hydrogen) atoms. The summed E-state index contributed by atoms with van der Waals surface area (Å²) in [7, 11) is 0. The monoisotopic (exact) mass is 389 g/mol. The Kier molecular flexibility index (Phi) is 5.36. The minimum Gasteiger partial charge on any atom is -0.464 e. The number of rotatable bonds is 4. The molecule has 8 heteroatoms. The number of para-hydroxylation sites is 1. The standard InChI is InChI=1S/C20H23NO7/c1-11-6-3-4-7-13(11)26-20-16(21-12(2)22)17(23)18-15(27-20)10-25-19(28-18)14-8-5-9-24-14/h3-9,15-20,23H,10H2,1-2H3,(H,21,22)/t15-,16-,17+,18+,19+,20+/m1/s1. The van der Waals surface area contributed by atoms with Gasteiger partial charge >= 0.3 is 0 Å². The number of aliphatic hydroxyl groups is 1. The Morgan fingerprint density at radius 1 is 1.21 bits per heavy atom. The van der Waals surface area contributed by atoms with Gasteiger partial charge in [0.2, 0.25) is 18.5 Å². The normalized spacial score (nSPS) is 32.4. The maximum Gasteiger partial charge on any atom is 0.223 e. The lowest BCUT2D eigenvalue weighted by Crippen LogP contribution is -2.67. The van der Waals surface area contributed by atoms with E-state index in [2.05, 4.69) is 5.32 Å². The Balaban J connectivity index is 1.55. The van der Waals surface area contributed by atoms with Gasteiger partial charge in [-0.15, -0.1) is 0 Å². The first-order valence-electron chi connectivity index (χ1n) is 9.16. The summed E-state index contributed by atoms with van der Waals surface area (Å²) in [5, 5.41) is 13.7. The van der Waals surface area contributed by atoms with Crippen LogP contribution in [-0.2, 0) is 19.0 Å². The molecule has 1 aromatic heterocycles. The zero-order valence-electron chi connectivity index (χ0n) is 15.6. The van der Waals surface area contributed by atoms with Crippen LogP contribution in [0.4, 0.5) is 0 Å². The number of hydrogen-bond donors (Lipinski definition) is 2. The fourth-order valence-electron chi connectivity index (χ4n) is 3.46. The van der Waals surface area contributed by atoms with Gasteiger partial charge in [-0.1, -0.05) is 18.2 Å². The number of aliphatic hydroxyl groups excluding tert-OH is 1. The van der Waals surface area contributed by atoms with E-state index in [0.29, 0.717) is 11.5 Å². The van der Waals surface area contributed by atoms with Crippen LogP contribution in [0.1, 0.15) is 24.5 Å². The third-order valence-electron chi connectivity index (χ3n) is 4.85. The Labute approximate surface area is 162 Å². The maximum atomic E-state index is 11.7. The number of carbonyl (C=O) groups excluding carboxylic acids is 1. The lowest BCUT2D eigenvalue weighted by atomic mass is 9.96. The fourth-order valence-corrected chi connectivity index (χ4v) is 3.46. The number of nitrogens with one attached hydrogen (secondary N) is 1. The predicted octanol–water partition coefficient (Wildman–Crippen LogP) is 1.67. The van der Waals surface area contributed by atoms with Crippen LogP contribution < -0.4 is 10.1 Å². The first-order valence-corrected chi connectivity index (χ1v) is 9.16. The zero-order valence-corrected chi connectivity index (χ0v) is 15.6. The number of furan rings is 1. The molecule has 0 bridgehead atoms. The van der Waals surface area contributed by atoms with Crippen molar-refractivity contribution in [1.29, 1.82) is 0 Å². The number of fused-ring (bicyclic) bond motifs is 1. The number of carbonyl (C=O) groups is 1. The number of hydrogen-bond acceptors (Lipinski definition) is 7. The second-order valence-corrected chi connectivity index (χ2v) is 6.92. The van der Waals surface area contributed by atoms with Crippen LogP contribution in [0.5, 0.6) is 5.75 Å². The van der Waals surface area contributed by atoms with Gasteiger partial charge in [-0.05, 0) is 30.7 Å². The van der Waals surface area contributed by atoms with E-state index >= 15 is 0 Å². The highest BCUT2D eigenvalue weighted by Crippen LogP contribution is 2.35. The molecule has 1 aromatic carbocycles. The molecule has 0 spiro atoms. The van der Waals surface area contributed by atoms with Crippen molar-refractivity contribution in [3.63, 3.8) is 0 Å². The van der Waals surface area contributed by atoms with Crippen molar-refractivity contribution in [1.82, 2.24) is 5.32 Å². The lowest BCUT2D eigenvalue weighted by Gasteiger charge is -2.47. The molecule has 2 aromatic rings. The third-order valence-corrected chi connectivity index (χ3v) is 4.85. The first-order chi connectivity index (χ1) is 13.5. The Morgan fingerprint density at radius 2 is 2.04 bits per heavy atom. The van der Waals surface area contributed by atoms with E-state index in [1.165, 1.54) is 13.2 Å². The smallest absolute Gasteiger partial charge is 0.223 e. The summed E-state index contributed by atoms with van der Waals surface area (Å²) in [5.41, 5.74) is 0.915. The van der Waals surface area contributed by atoms with Crippen molar-refractivity contribution >= 4 is 5.91 Å². The molecule has 2 saturated heterocycles. The van der Waals surface area contributed by atoms with E-state index in [-0.39, 0.29) is 12.5 Å². The van der Waals surface area contributed by atoms with Crippen molar-refractivity contribution in [3.8, 4) is 5.75 Å². The van der Waals surface area contributed by atoms with Crippen LogP contribution in [0.25, 0.3) is 0 Å². The molecule has 8 nitrogen and oxygen atoms in total. The number of benzene rings is 1. The largest absolute Gasteiger partial charge is 0.464 e. The Morgan fingerprint density at radius 3 is 2.75 bits per heavy atom. The predicted molar refractivity (Wildman–Crippen MR) is 96.4 cm³/mol. The van der Waals surface area contributed by atoms with Crippen molar-refractivity contribution in [2.75, 3.05) is 6.61 Å². The van der Waals surface area contributed by atoms with Gasteiger partial charge in [-0.3, -0.25) is 4.79 Å². The van der Waals surface area contributed by atoms with Crippen molar-refractivity contribution in [2.45, 2.75) is 50.8 Å². The quantitative estimate of drug-likeness (QED) is 0.821. The maximum absolute atomic E-state index is 11.7. The number of aryl methyl sites for hydroxylation is 1. The van der Waals surface area contributed by atoms with Crippen LogP contribution in [0.3, 0.4) is 0 Å². The average molecular weight is 389 g/mol. The van der Waals surface area contributed by atoms with Crippen LogP contribution in [0.2, 0.25) is 0 Å². The van der Waals surface area contributed by atoms with Gasteiger partial charge in [0.15, 0.2) is 5.76 Å². The summed E-state index contributed by atoms with van der Waals surface area (Å²) in [6.45, 7) is 3.47. The van der Waals surface area contributed by atoms with Gasteiger partial charge in [0.25, 0.3) is 0 Å². The highest BCUT2D eigenvalue weighted by molar-refractivity contribution is 5.73. The second kappa shape index (κ2) is 7.92. The Hall–Kier alpha value is -2.39. The SMILES string of the molecule is CC(=O)N[C@H]1[C@@H](Oc2ccccc2C)O[C@@H]2CO[C@H](c3ccco3)O[C@@H]2[C@H]1O. The van der Waals surface area contributed by atoms with E-state index < -0.39 is 36.9 Å². The van der Waals surface area contributed by atoms with Crippen molar-refractivity contribution in [2.24, 2.45) is 0 Å². The van der Waals surface area contributed by atoms with Gasteiger partial charge in [0.05, 0.1) is 12.9 Å².